The fourth-order valence-corrected chi connectivity index (χ4v) is 2.80. The molecule has 0 atom stereocenters. The molecule has 0 aromatic heterocycles. The highest BCUT2D eigenvalue weighted by molar-refractivity contribution is 5.69. The minimum atomic E-state index is 0.0966. The molecule has 3 rings (SSSR count). The van der Waals surface area contributed by atoms with E-state index in [-0.39, 0.29) is 6.61 Å². The lowest BCUT2D eigenvalue weighted by Gasteiger charge is -2.20. The average molecular weight is 253 g/mol. The van der Waals surface area contributed by atoms with Crippen molar-refractivity contribution in [3.63, 3.8) is 0 Å². The van der Waals surface area contributed by atoms with Crippen LogP contribution in [0.15, 0.2) is 36.4 Å². The van der Waals surface area contributed by atoms with Crippen LogP contribution in [-0.4, -0.2) is 11.7 Å². The van der Waals surface area contributed by atoms with Crippen molar-refractivity contribution in [1.29, 1.82) is 0 Å². The third-order valence-electron chi connectivity index (χ3n) is 3.85. The summed E-state index contributed by atoms with van der Waals surface area (Å²) in [6.45, 7) is 4.30. The Labute approximate surface area is 114 Å². The Morgan fingerprint density at radius 3 is 2.89 bits per heavy atom. The number of aliphatic hydroxyl groups is 1. The van der Waals surface area contributed by atoms with E-state index in [1.165, 1.54) is 27.8 Å². The molecule has 2 N–H and O–H groups in total. The van der Waals surface area contributed by atoms with Gasteiger partial charge in [0.1, 0.15) is 0 Å². The first kappa shape index (κ1) is 12.4. The Morgan fingerprint density at radius 1 is 1.16 bits per heavy atom. The summed E-state index contributed by atoms with van der Waals surface area (Å²) in [4.78, 5) is 0. The van der Waals surface area contributed by atoms with Crippen molar-refractivity contribution >= 4 is 0 Å². The fourth-order valence-electron chi connectivity index (χ4n) is 2.80. The van der Waals surface area contributed by atoms with Gasteiger partial charge in [0.2, 0.25) is 0 Å². The molecule has 98 valence electrons. The van der Waals surface area contributed by atoms with Gasteiger partial charge >= 0.3 is 0 Å². The highest BCUT2D eigenvalue weighted by atomic mass is 16.3. The maximum absolute atomic E-state index is 9.26. The molecular weight excluding hydrogens is 234 g/mol. The van der Waals surface area contributed by atoms with Gasteiger partial charge in [-0.15, -0.1) is 0 Å². The number of hydrogen-bond donors (Lipinski definition) is 2. The molecule has 0 unspecified atom stereocenters. The van der Waals surface area contributed by atoms with E-state index in [0.717, 1.165) is 25.1 Å². The summed E-state index contributed by atoms with van der Waals surface area (Å²) in [5, 5.41) is 12.7. The van der Waals surface area contributed by atoms with Crippen LogP contribution in [0.5, 0.6) is 0 Å². The average Bonchev–Trinajstić information content (AvgIpc) is 2.46. The van der Waals surface area contributed by atoms with Gasteiger partial charge in [-0.1, -0.05) is 24.3 Å². The molecule has 2 aromatic carbocycles. The summed E-state index contributed by atoms with van der Waals surface area (Å²) in [6, 6.07) is 12.8. The van der Waals surface area contributed by atoms with Crippen molar-refractivity contribution in [2.24, 2.45) is 0 Å². The largest absolute Gasteiger partial charge is 0.392 e. The van der Waals surface area contributed by atoms with E-state index < -0.39 is 0 Å². The predicted molar refractivity (Wildman–Crippen MR) is 77.9 cm³/mol. The SMILES string of the molecule is Cc1cc2c(cc1-c1cccc(CO)c1)CNCC2. The van der Waals surface area contributed by atoms with Crippen LogP contribution < -0.4 is 5.32 Å². The smallest absolute Gasteiger partial charge is 0.0682 e. The molecular formula is C17H19NO. The first-order valence-corrected chi connectivity index (χ1v) is 6.81. The number of aliphatic hydroxyl groups excluding tert-OH is 1. The molecule has 0 radical (unpaired) electrons. The number of hydrogen-bond acceptors (Lipinski definition) is 2. The van der Waals surface area contributed by atoms with E-state index in [1.54, 1.807) is 0 Å². The Hall–Kier alpha value is -1.64. The van der Waals surface area contributed by atoms with Crippen LogP contribution >= 0.6 is 0 Å². The lowest BCUT2D eigenvalue weighted by atomic mass is 9.91. The van der Waals surface area contributed by atoms with Crippen molar-refractivity contribution in [2.75, 3.05) is 6.54 Å². The van der Waals surface area contributed by atoms with Crippen molar-refractivity contribution < 1.29 is 5.11 Å². The summed E-state index contributed by atoms with van der Waals surface area (Å²) >= 11 is 0. The molecule has 2 nitrogen and oxygen atoms in total. The van der Waals surface area contributed by atoms with Gasteiger partial charge in [0.05, 0.1) is 6.61 Å². The zero-order valence-corrected chi connectivity index (χ0v) is 11.2. The molecule has 0 saturated heterocycles. The van der Waals surface area contributed by atoms with Crippen LogP contribution in [0, 0.1) is 6.92 Å². The molecule has 0 fully saturated rings. The van der Waals surface area contributed by atoms with Crippen molar-refractivity contribution in [2.45, 2.75) is 26.5 Å². The third kappa shape index (κ3) is 2.42. The van der Waals surface area contributed by atoms with Gasteiger partial charge in [-0.05, 0) is 65.4 Å². The first-order valence-electron chi connectivity index (χ1n) is 6.81. The van der Waals surface area contributed by atoms with Crippen molar-refractivity contribution in [3.05, 3.63) is 58.7 Å². The van der Waals surface area contributed by atoms with Crippen LogP contribution in [0.3, 0.4) is 0 Å². The second kappa shape index (κ2) is 5.16. The van der Waals surface area contributed by atoms with E-state index in [1.807, 2.05) is 12.1 Å². The van der Waals surface area contributed by atoms with Gasteiger partial charge in [-0.25, -0.2) is 0 Å². The van der Waals surface area contributed by atoms with Crippen molar-refractivity contribution in [3.8, 4) is 11.1 Å². The zero-order valence-electron chi connectivity index (χ0n) is 11.2. The van der Waals surface area contributed by atoms with Crippen LogP contribution in [-0.2, 0) is 19.6 Å². The second-order valence-corrected chi connectivity index (χ2v) is 5.22. The fraction of sp³-hybridized carbons (Fsp3) is 0.294. The third-order valence-corrected chi connectivity index (χ3v) is 3.85. The van der Waals surface area contributed by atoms with E-state index in [4.69, 9.17) is 0 Å². The summed E-state index contributed by atoms with van der Waals surface area (Å²) in [5.74, 6) is 0. The molecule has 1 aliphatic rings. The van der Waals surface area contributed by atoms with Gasteiger partial charge in [0, 0.05) is 6.54 Å². The van der Waals surface area contributed by atoms with Crippen molar-refractivity contribution in [1.82, 2.24) is 5.32 Å². The Morgan fingerprint density at radius 2 is 2.05 bits per heavy atom. The standard InChI is InChI=1S/C17H19NO/c1-12-7-14-5-6-18-10-16(14)9-17(12)15-4-2-3-13(8-15)11-19/h2-4,7-9,18-19H,5-6,10-11H2,1H3. The van der Waals surface area contributed by atoms with E-state index in [2.05, 4.69) is 36.5 Å². The van der Waals surface area contributed by atoms with E-state index >= 15 is 0 Å². The highest BCUT2D eigenvalue weighted by Crippen LogP contribution is 2.28. The molecule has 0 bridgehead atoms. The monoisotopic (exact) mass is 253 g/mol. The molecule has 1 aliphatic heterocycles. The lowest BCUT2D eigenvalue weighted by Crippen LogP contribution is -2.23. The minimum Gasteiger partial charge on any atom is -0.392 e. The first-order chi connectivity index (χ1) is 9.28. The Bertz CT molecular complexity index is 604. The van der Waals surface area contributed by atoms with Gasteiger partial charge in [-0.2, -0.15) is 0 Å². The molecule has 19 heavy (non-hydrogen) atoms. The quantitative estimate of drug-likeness (QED) is 0.862. The van der Waals surface area contributed by atoms with Crippen LogP contribution in [0.4, 0.5) is 0 Å². The Kier molecular flexibility index (Phi) is 3.36. The molecule has 1 heterocycles. The summed E-state index contributed by atoms with van der Waals surface area (Å²) in [5.41, 5.74) is 7.62. The van der Waals surface area contributed by atoms with E-state index in [9.17, 15) is 5.11 Å². The maximum Gasteiger partial charge on any atom is 0.0682 e. The normalized spacial score (nSPS) is 14.2. The molecule has 0 spiro atoms. The van der Waals surface area contributed by atoms with Gasteiger partial charge in [0.15, 0.2) is 0 Å². The number of fused-ring (bicyclic) bond motifs is 1. The minimum absolute atomic E-state index is 0.0966. The van der Waals surface area contributed by atoms with Crippen LogP contribution in [0.2, 0.25) is 0 Å². The topological polar surface area (TPSA) is 32.3 Å². The van der Waals surface area contributed by atoms with Gasteiger partial charge in [-0.3, -0.25) is 0 Å². The molecule has 0 amide bonds. The zero-order chi connectivity index (χ0) is 13.2. The molecule has 2 heteroatoms. The molecule has 2 aromatic rings. The molecule has 0 aliphatic carbocycles. The highest BCUT2D eigenvalue weighted by Gasteiger charge is 2.12. The molecule has 0 saturated carbocycles. The number of nitrogens with one attached hydrogen (secondary N) is 1. The van der Waals surface area contributed by atoms with Crippen LogP contribution in [0.1, 0.15) is 22.3 Å². The second-order valence-electron chi connectivity index (χ2n) is 5.22. The summed E-state index contributed by atoms with van der Waals surface area (Å²) in [7, 11) is 0. The van der Waals surface area contributed by atoms with Gasteiger partial charge in [0.25, 0.3) is 0 Å². The number of rotatable bonds is 2. The van der Waals surface area contributed by atoms with E-state index in [0.29, 0.717) is 0 Å². The number of aryl methyl sites for hydroxylation is 1. The predicted octanol–water partition coefficient (Wildman–Crippen LogP) is 2.80. The van der Waals surface area contributed by atoms with Gasteiger partial charge < -0.3 is 10.4 Å². The summed E-state index contributed by atoms with van der Waals surface area (Å²) < 4.78 is 0. The maximum atomic E-state index is 9.26. The Balaban J connectivity index is 2.08. The lowest BCUT2D eigenvalue weighted by molar-refractivity contribution is 0.282. The van der Waals surface area contributed by atoms with Crippen LogP contribution in [0.25, 0.3) is 11.1 Å². The number of benzene rings is 2. The summed E-state index contributed by atoms with van der Waals surface area (Å²) in [6.07, 6.45) is 1.12.